The number of hydrogen-bond donors (Lipinski definition) is 1. The van der Waals surface area contributed by atoms with Crippen LogP contribution in [0, 0.1) is 0 Å². The average molecular weight is 331 g/mol. The molecule has 0 aliphatic heterocycles. The van der Waals surface area contributed by atoms with E-state index in [0.717, 1.165) is 36.2 Å². The summed E-state index contributed by atoms with van der Waals surface area (Å²) in [5.41, 5.74) is 2.57. The van der Waals surface area contributed by atoms with Crippen LogP contribution in [0.25, 0.3) is 5.69 Å². The van der Waals surface area contributed by atoms with E-state index in [1.54, 1.807) is 29.3 Å². The predicted octanol–water partition coefficient (Wildman–Crippen LogP) is 3.41. The van der Waals surface area contributed by atoms with Crippen molar-refractivity contribution in [3.05, 3.63) is 69.6 Å². The molecule has 0 bridgehead atoms. The smallest absolute Gasteiger partial charge is 0.274 e. The van der Waals surface area contributed by atoms with Crippen molar-refractivity contribution < 1.29 is 0 Å². The molecule has 3 rings (SSSR count). The van der Waals surface area contributed by atoms with Crippen LogP contribution in [0.1, 0.15) is 31.0 Å². The molecule has 23 heavy (non-hydrogen) atoms. The standard InChI is InChI=1S/C17H19ClN4O/c1-2-3-4-15-16(11-21-10-9-19-12-21)20-22(17(15)23)14-7-5-13(18)6-8-14/h5-10,12,20H,2-4,11H2,1H3. The number of rotatable bonds is 6. The Kier molecular flexibility index (Phi) is 4.67. The summed E-state index contributed by atoms with van der Waals surface area (Å²) in [7, 11) is 0. The van der Waals surface area contributed by atoms with Crippen LogP contribution in [-0.2, 0) is 13.0 Å². The zero-order valence-electron chi connectivity index (χ0n) is 13.0. The minimum Gasteiger partial charge on any atom is -0.332 e. The van der Waals surface area contributed by atoms with Crippen molar-refractivity contribution in [2.45, 2.75) is 32.7 Å². The second-order valence-corrected chi connectivity index (χ2v) is 5.96. The highest BCUT2D eigenvalue weighted by molar-refractivity contribution is 6.30. The van der Waals surface area contributed by atoms with Gasteiger partial charge >= 0.3 is 0 Å². The van der Waals surface area contributed by atoms with Crippen LogP contribution in [0.5, 0.6) is 0 Å². The number of benzene rings is 1. The lowest BCUT2D eigenvalue weighted by molar-refractivity contribution is 0.728. The molecule has 1 aromatic carbocycles. The van der Waals surface area contributed by atoms with Gasteiger partial charge in [0.15, 0.2) is 0 Å². The number of unbranched alkanes of at least 4 members (excludes halogenated alkanes) is 1. The largest absolute Gasteiger partial charge is 0.332 e. The van der Waals surface area contributed by atoms with Crippen LogP contribution in [0.3, 0.4) is 0 Å². The van der Waals surface area contributed by atoms with E-state index >= 15 is 0 Å². The fraction of sp³-hybridized carbons (Fsp3) is 0.294. The zero-order chi connectivity index (χ0) is 16.2. The third-order valence-electron chi connectivity index (χ3n) is 3.84. The van der Waals surface area contributed by atoms with Crippen LogP contribution in [0.15, 0.2) is 47.8 Å². The van der Waals surface area contributed by atoms with Gasteiger partial charge in [0, 0.05) is 23.0 Å². The van der Waals surface area contributed by atoms with Crippen molar-refractivity contribution in [3.8, 4) is 5.69 Å². The maximum absolute atomic E-state index is 12.8. The van der Waals surface area contributed by atoms with Gasteiger partial charge in [0.2, 0.25) is 0 Å². The molecule has 0 saturated heterocycles. The Balaban J connectivity index is 2.01. The highest BCUT2D eigenvalue weighted by Crippen LogP contribution is 2.14. The number of nitrogens with one attached hydrogen (secondary N) is 1. The lowest BCUT2D eigenvalue weighted by Gasteiger charge is -2.03. The second kappa shape index (κ2) is 6.87. The number of nitrogens with zero attached hydrogens (tertiary/aromatic N) is 3. The van der Waals surface area contributed by atoms with E-state index in [1.807, 2.05) is 22.9 Å². The summed E-state index contributed by atoms with van der Waals surface area (Å²) in [6.45, 7) is 2.73. The van der Waals surface area contributed by atoms with E-state index in [-0.39, 0.29) is 5.56 Å². The number of halogens is 1. The fourth-order valence-electron chi connectivity index (χ4n) is 2.59. The molecule has 0 spiro atoms. The van der Waals surface area contributed by atoms with Gasteiger partial charge in [-0.3, -0.25) is 9.89 Å². The molecular weight excluding hydrogens is 312 g/mol. The topological polar surface area (TPSA) is 55.6 Å². The van der Waals surface area contributed by atoms with Crippen LogP contribution >= 0.6 is 11.6 Å². The highest BCUT2D eigenvalue weighted by Gasteiger charge is 2.15. The SMILES string of the molecule is CCCCc1c(Cn2ccnc2)[nH]n(-c2ccc(Cl)cc2)c1=O. The third kappa shape index (κ3) is 3.40. The summed E-state index contributed by atoms with van der Waals surface area (Å²) >= 11 is 5.93. The molecule has 0 radical (unpaired) electrons. The molecule has 2 aromatic heterocycles. The number of H-pyrrole nitrogens is 1. The summed E-state index contributed by atoms with van der Waals surface area (Å²) in [6.07, 6.45) is 8.19. The number of aromatic nitrogens is 4. The summed E-state index contributed by atoms with van der Waals surface area (Å²) in [5, 5.41) is 3.90. The molecular formula is C17H19ClN4O. The molecule has 5 nitrogen and oxygen atoms in total. The van der Waals surface area contributed by atoms with E-state index in [2.05, 4.69) is 17.0 Å². The first-order valence-electron chi connectivity index (χ1n) is 7.73. The molecule has 2 heterocycles. The van der Waals surface area contributed by atoms with Crippen LogP contribution in [0.4, 0.5) is 0 Å². The Morgan fingerprint density at radius 2 is 2.04 bits per heavy atom. The van der Waals surface area contributed by atoms with Crippen molar-refractivity contribution in [1.82, 2.24) is 19.3 Å². The Morgan fingerprint density at radius 3 is 2.70 bits per heavy atom. The van der Waals surface area contributed by atoms with E-state index in [1.165, 1.54) is 0 Å². The summed E-state index contributed by atoms with van der Waals surface area (Å²) in [5.74, 6) is 0. The number of aromatic amines is 1. The molecule has 6 heteroatoms. The third-order valence-corrected chi connectivity index (χ3v) is 4.09. The molecule has 0 unspecified atom stereocenters. The highest BCUT2D eigenvalue weighted by atomic mass is 35.5. The van der Waals surface area contributed by atoms with E-state index < -0.39 is 0 Å². The van der Waals surface area contributed by atoms with Gasteiger partial charge in [0.25, 0.3) is 5.56 Å². The fourth-order valence-corrected chi connectivity index (χ4v) is 2.72. The van der Waals surface area contributed by atoms with E-state index in [9.17, 15) is 4.79 Å². The van der Waals surface area contributed by atoms with Crippen LogP contribution in [-0.4, -0.2) is 19.3 Å². The molecule has 120 valence electrons. The van der Waals surface area contributed by atoms with Crippen molar-refractivity contribution in [1.29, 1.82) is 0 Å². The normalized spacial score (nSPS) is 11.0. The van der Waals surface area contributed by atoms with Gasteiger partial charge in [-0.25, -0.2) is 9.67 Å². The molecule has 0 aliphatic rings. The minimum absolute atomic E-state index is 0.0101. The maximum Gasteiger partial charge on any atom is 0.274 e. The van der Waals surface area contributed by atoms with E-state index in [4.69, 9.17) is 11.6 Å². The Hall–Kier alpha value is -2.27. The molecule has 3 aromatic rings. The van der Waals surface area contributed by atoms with Gasteiger partial charge < -0.3 is 4.57 Å². The second-order valence-electron chi connectivity index (χ2n) is 5.52. The molecule has 0 amide bonds. The first-order chi connectivity index (χ1) is 11.2. The maximum atomic E-state index is 12.8. The van der Waals surface area contributed by atoms with Gasteiger partial charge in [-0.05, 0) is 37.1 Å². The van der Waals surface area contributed by atoms with Crippen molar-refractivity contribution >= 4 is 11.6 Å². The number of hydrogen-bond acceptors (Lipinski definition) is 2. The number of imidazole rings is 1. The molecule has 0 fully saturated rings. The molecule has 0 atom stereocenters. The summed E-state index contributed by atoms with van der Waals surface area (Å²) in [4.78, 5) is 16.8. The lowest BCUT2D eigenvalue weighted by Crippen LogP contribution is -2.17. The van der Waals surface area contributed by atoms with Gasteiger partial charge in [0.1, 0.15) is 0 Å². The average Bonchev–Trinajstić information content (AvgIpc) is 3.16. The first kappa shape index (κ1) is 15.6. The Bertz CT molecular complexity index is 815. The Labute approximate surface area is 139 Å². The van der Waals surface area contributed by atoms with Gasteiger partial charge in [-0.15, -0.1) is 0 Å². The predicted molar refractivity (Wildman–Crippen MR) is 91.3 cm³/mol. The molecule has 0 aliphatic carbocycles. The monoisotopic (exact) mass is 330 g/mol. The van der Waals surface area contributed by atoms with Gasteiger partial charge in [0.05, 0.1) is 24.3 Å². The van der Waals surface area contributed by atoms with Gasteiger partial charge in [-0.1, -0.05) is 24.9 Å². The minimum atomic E-state index is 0.0101. The summed E-state index contributed by atoms with van der Waals surface area (Å²) < 4.78 is 3.54. The zero-order valence-corrected chi connectivity index (χ0v) is 13.8. The lowest BCUT2D eigenvalue weighted by atomic mass is 10.1. The molecule has 1 N–H and O–H groups in total. The van der Waals surface area contributed by atoms with Crippen LogP contribution in [0.2, 0.25) is 5.02 Å². The summed E-state index contributed by atoms with van der Waals surface area (Å²) in [6, 6.07) is 7.24. The molecule has 0 saturated carbocycles. The van der Waals surface area contributed by atoms with Crippen molar-refractivity contribution in [2.24, 2.45) is 0 Å². The quantitative estimate of drug-likeness (QED) is 0.753. The van der Waals surface area contributed by atoms with Gasteiger partial charge in [-0.2, -0.15) is 0 Å². The van der Waals surface area contributed by atoms with Crippen molar-refractivity contribution in [3.63, 3.8) is 0 Å². The Morgan fingerprint density at radius 1 is 1.26 bits per heavy atom. The first-order valence-corrected chi connectivity index (χ1v) is 8.11. The van der Waals surface area contributed by atoms with E-state index in [0.29, 0.717) is 11.6 Å². The van der Waals surface area contributed by atoms with Crippen molar-refractivity contribution in [2.75, 3.05) is 0 Å². The van der Waals surface area contributed by atoms with Crippen LogP contribution < -0.4 is 5.56 Å².